The van der Waals surface area contributed by atoms with E-state index in [4.69, 9.17) is 4.74 Å². The molecule has 0 atom stereocenters. The third-order valence-electron chi connectivity index (χ3n) is 4.11. The molecule has 5 nitrogen and oxygen atoms in total. The van der Waals surface area contributed by atoms with E-state index in [1.807, 2.05) is 62.5 Å². The number of para-hydroxylation sites is 1. The first-order valence-electron chi connectivity index (χ1n) is 8.57. The van der Waals surface area contributed by atoms with Gasteiger partial charge in [0.05, 0.1) is 24.8 Å². The van der Waals surface area contributed by atoms with Crippen LogP contribution in [0, 0.1) is 6.92 Å². The van der Waals surface area contributed by atoms with Gasteiger partial charge in [-0.15, -0.1) is 11.3 Å². The quantitative estimate of drug-likeness (QED) is 0.756. The van der Waals surface area contributed by atoms with Crippen molar-refractivity contribution in [1.82, 2.24) is 4.90 Å². The second-order valence-electron chi connectivity index (χ2n) is 6.35. The van der Waals surface area contributed by atoms with Crippen molar-refractivity contribution in [2.75, 3.05) is 18.5 Å². The average molecular weight is 370 g/mol. The Hall–Kier alpha value is -2.44. The van der Waals surface area contributed by atoms with E-state index in [1.54, 1.807) is 0 Å². The normalized spacial score (nSPS) is 14.7. The van der Waals surface area contributed by atoms with Gasteiger partial charge in [0.25, 0.3) is 11.8 Å². The monoisotopic (exact) mass is 370 g/mol. The van der Waals surface area contributed by atoms with Crippen LogP contribution in [-0.4, -0.2) is 36.0 Å². The summed E-state index contributed by atoms with van der Waals surface area (Å²) in [6.45, 7) is 6.37. The van der Waals surface area contributed by atoms with Gasteiger partial charge in [-0.25, -0.2) is 0 Å². The van der Waals surface area contributed by atoms with Crippen LogP contribution in [0.4, 0.5) is 5.69 Å². The molecule has 6 heteroatoms. The first kappa shape index (κ1) is 18.4. The molecular weight excluding hydrogens is 348 g/mol. The fourth-order valence-electron chi connectivity index (χ4n) is 2.77. The summed E-state index contributed by atoms with van der Waals surface area (Å²) >= 11 is 1.45. The summed E-state index contributed by atoms with van der Waals surface area (Å²) < 4.78 is 5.52. The van der Waals surface area contributed by atoms with Gasteiger partial charge in [0, 0.05) is 10.6 Å². The van der Waals surface area contributed by atoms with Crippen LogP contribution >= 0.6 is 11.3 Å². The van der Waals surface area contributed by atoms with Crippen LogP contribution in [-0.2, 0) is 14.3 Å². The van der Waals surface area contributed by atoms with Crippen LogP contribution in [0.25, 0.3) is 5.57 Å². The Morgan fingerprint density at radius 2 is 1.88 bits per heavy atom. The molecule has 0 spiro atoms. The summed E-state index contributed by atoms with van der Waals surface area (Å²) in [7, 11) is 0. The second-order valence-corrected chi connectivity index (χ2v) is 7.30. The number of anilines is 1. The van der Waals surface area contributed by atoms with Crippen LogP contribution in [0.5, 0.6) is 0 Å². The molecule has 2 aromatic rings. The zero-order valence-electron chi connectivity index (χ0n) is 15.1. The fourth-order valence-corrected chi connectivity index (χ4v) is 3.54. The number of hydrogen-bond acceptors (Lipinski definition) is 5. The van der Waals surface area contributed by atoms with Crippen molar-refractivity contribution >= 4 is 34.4 Å². The van der Waals surface area contributed by atoms with Crippen molar-refractivity contribution in [3.63, 3.8) is 0 Å². The van der Waals surface area contributed by atoms with Crippen molar-refractivity contribution in [2.45, 2.75) is 26.9 Å². The summed E-state index contributed by atoms with van der Waals surface area (Å²) in [5.41, 5.74) is 2.58. The molecule has 1 aliphatic heterocycles. The zero-order valence-corrected chi connectivity index (χ0v) is 15.9. The maximum absolute atomic E-state index is 12.9. The van der Waals surface area contributed by atoms with E-state index in [9.17, 15) is 9.59 Å². The van der Waals surface area contributed by atoms with Gasteiger partial charge >= 0.3 is 0 Å². The summed E-state index contributed by atoms with van der Waals surface area (Å²) in [5, 5.41) is 5.09. The molecule has 0 saturated heterocycles. The number of imide groups is 1. The smallest absolute Gasteiger partial charge is 0.278 e. The van der Waals surface area contributed by atoms with Gasteiger partial charge in [-0.3, -0.25) is 14.5 Å². The highest BCUT2D eigenvalue weighted by Crippen LogP contribution is 2.33. The predicted molar refractivity (Wildman–Crippen MR) is 104 cm³/mol. The van der Waals surface area contributed by atoms with Crippen LogP contribution < -0.4 is 5.32 Å². The minimum absolute atomic E-state index is 0.0529. The van der Waals surface area contributed by atoms with Gasteiger partial charge < -0.3 is 10.1 Å². The van der Waals surface area contributed by atoms with Crippen molar-refractivity contribution in [3.05, 3.63) is 57.9 Å². The lowest BCUT2D eigenvalue weighted by atomic mass is 10.1. The maximum atomic E-state index is 12.9. The topological polar surface area (TPSA) is 58.6 Å². The number of carbonyl (C=O) groups is 2. The number of aryl methyl sites for hydroxylation is 1. The SMILES string of the molecule is Cc1ccccc1NC1=C(c2cccs2)C(=O)N(CCOC(C)C)C1=O. The van der Waals surface area contributed by atoms with Gasteiger partial charge in [0.1, 0.15) is 5.70 Å². The first-order chi connectivity index (χ1) is 12.5. The van der Waals surface area contributed by atoms with Crippen molar-refractivity contribution in [3.8, 4) is 0 Å². The fraction of sp³-hybridized carbons (Fsp3) is 0.300. The molecule has 1 aromatic carbocycles. The summed E-state index contributed by atoms with van der Waals surface area (Å²) in [6, 6.07) is 11.4. The minimum Gasteiger partial charge on any atom is -0.377 e. The molecular formula is C20H22N2O3S. The number of hydrogen-bond donors (Lipinski definition) is 1. The molecule has 0 unspecified atom stereocenters. The van der Waals surface area contributed by atoms with Crippen molar-refractivity contribution in [1.29, 1.82) is 0 Å². The highest BCUT2D eigenvalue weighted by atomic mass is 32.1. The standard InChI is InChI=1S/C20H22N2O3S/c1-13(2)25-11-10-22-19(23)17(16-9-6-12-26-16)18(20(22)24)21-15-8-5-4-7-14(15)3/h4-9,12-13,21H,10-11H2,1-3H3. The molecule has 2 amide bonds. The molecule has 1 aromatic heterocycles. The van der Waals surface area contributed by atoms with Crippen molar-refractivity contribution in [2.24, 2.45) is 0 Å². The number of nitrogens with zero attached hydrogens (tertiary/aromatic N) is 1. The Kier molecular flexibility index (Phi) is 5.54. The Labute approximate surface area is 157 Å². The van der Waals surface area contributed by atoms with Gasteiger partial charge in [-0.2, -0.15) is 0 Å². The maximum Gasteiger partial charge on any atom is 0.278 e. The highest BCUT2D eigenvalue weighted by Gasteiger charge is 2.39. The Morgan fingerprint density at radius 1 is 1.12 bits per heavy atom. The Balaban J connectivity index is 1.92. The van der Waals surface area contributed by atoms with E-state index in [-0.39, 0.29) is 24.5 Å². The largest absolute Gasteiger partial charge is 0.377 e. The number of rotatable bonds is 7. The highest BCUT2D eigenvalue weighted by molar-refractivity contribution is 7.11. The summed E-state index contributed by atoms with van der Waals surface area (Å²) in [5.74, 6) is -0.588. The molecule has 0 radical (unpaired) electrons. The third-order valence-corrected chi connectivity index (χ3v) is 4.99. The predicted octanol–water partition coefficient (Wildman–Crippen LogP) is 3.67. The third kappa shape index (κ3) is 3.71. The molecule has 0 aliphatic carbocycles. The number of nitrogens with one attached hydrogen (secondary N) is 1. The molecule has 0 bridgehead atoms. The molecule has 2 heterocycles. The number of amides is 2. The zero-order chi connectivity index (χ0) is 18.7. The lowest BCUT2D eigenvalue weighted by Gasteiger charge is -2.16. The minimum atomic E-state index is -0.311. The lowest BCUT2D eigenvalue weighted by molar-refractivity contribution is -0.137. The van der Waals surface area contributed by atoms with E-state index < -0.39 is 0 Å². The van der Waals surface area contributed by atoms with Gasteiger partial charge in [0.15, 0.2) is 0 Å². The molecule has 3 rings (SSSR count). The van der Waals surface area contributed by atoms with Gasteiger partial charge in [0.2, 0.25) is 0 Å². The lowest BCUT2D eigenvalue weighted by Crippen LogP contribution is -2.35. The van der Waals surface area contributed by atoms with Crippen LogP contribution in [0.3, 0.4) is 0 Å². The van der Waals surface area contributed by atoms with Gasteiger partial charge in [-0.1, -0.05) is 24.3 Å². The number of ether oxygens (including phenoxy) is 1. The van der Waals surface area contributed by atoms with E-state index in [0.29, 0.717) is 17.9 Å². The molecule has 1 aliphatic rings. The molecule has 0 saturated carbocycles. The van der Waals surface area contributed by atoms with Gasteiger partial charge in [-0.05, 0) is 43.8 Å². The molecule has 136 valence electrons. The van der Waals surface area contributed by atoms with Crippen LogP contribution in [0.1, 0.15) is 24.3 Å². The Morgan fingerprint density at radius 3 is 2.54 bits per heavy atom. The van der Waals surface area contributed by atoms with E-state index in [1.165, 1.54) is 16.2 Å². The Bertz CT molecular complexity index is 841. The summed E-state index contributed by atoms with van der Waals surface area (Å²) in [4.78, 5) is 27.9. The second kappa shape index (κ2) is 7.85. The van der Waals surface area contributed by atoms with E-state index >= 15 is 0 Å². The number of carbonyl (C=O) groups excluding carboxylic acids is 2. The van der Waals surface area contributed by atoms with E-state index in [2.05, 4.69) is 5.32 Å². The first-order valence-corrected chi connectivity index (χ1v) is 9.45. The van der Waals surface area contributed by atoms with E-state index in [0.717, 1.165) is 16.1 Å². The van der Waals surface area contributed by atoms with Crippen LogP contribution in [0.15, 0.2) is 47.5 Å². The summed E-state index contributed by atoms with van der Waals surface area (Å²) in [6.07, 6.45) is 0.0529. The average Bonchev–Trinajstić information content (AvgIpc) is 3.19. The molecule has 0 fully saturated rings. The number of benzene rings is 1. The molecule has 26 heavy (non-hydrogen) atoms. The van der Waals surface area contributed by atoms with Crippen LogP contribution in [0.2, 0.25) is 0 Å². The van der Waals surface area contributed by atoms with Crippen molar-refractivity contribution < 1.29 is 14.3 Å². The number of thiophene rings is 1. The molecule has 1 N–H and O–H groups in total.